The van der Waals surface area contributed by atoms with Crippen LogP contribution in [0.5, 0.6) is 5.75 Å². The second-order valence-corrected chi connectivity index (χ2v) is 11.2. The second kappa shape index (κ2) is 11.2. The largest absolute Gasteiger partial charge is 0.493 e. The molecule has 36 heavy (non-hydrogen) atoms. The maximum Gasteiger partial charge on any atom is 0.178 e. The number of hydrogen-bond donors (Lipinski definition) is 2. The highest BCUT2D eigenvalue weighted by Crippen LogP contribution is 2.52. The van der Waals surface area contributed by atoms with Crippen molar-refractivity contribution in [2.24, 2.45) is 11.8 Å². The number of aliphatic hydroxyl groups is 2. The van der Waals surface area contributed by atoms with E-state index in [1.165, 1.54) is 0 Å². The molecule has 1 aromatic carbocycles. The molecule has 1 spiro atoms. The van der Waals surface area contributed by atoms with Crippen molar-refractivity contribution in [3.05, 3.63) is 29.0 Å². The van der Waals surface area contributed by atoms with E-state index in [0.29, 0.717) is 36.5 Å². The van der Waals surface area contributed by atoms with Gasteiger partial charge in [0.15, 0.2) is 11.4 Å². The molecule has 2 fully saturated rings. The van der Waals surface area contributed by atoms with Crippen molar-refractivity contribution in [1.29, 1.82) is 0 Å². The van der Waals surface area contributed by atoms with Crippen LogP contribution in [0.4, 0.5) is 0 Å². The van der Waals surface area contributed by atoms with Crippen LogP contribution in [0.1, 0.15) is 102 Å². The van der Waals surface area contributed by atoms with Gasteiger partial charge in [-0.1, -0.05) is 47.5 Å². The summed E-state index contributed by atoms with van der Waals surface area (Å²) in [6.45, 7) is 11.1. The zero-order valence-electron chi connectivity index (χ0n) is 22.6. The third-order valence-electron chi connectivity index (χ3n) is 8.15. The smallest absolute Gasteiger partial charge is 0.178 e. The van der Waals surface area contributed by atoms with E-state index in [2.05, 4.69) is 33.8 Å². The minimum absolute atomic E-state index is 0.0205. The quantitative estimate of drug-likeness (QED) is 0.271. The number of ketones is 1. The van der Waals surface area contributed by atoms with Gasteiger partial charge >= 0.3 is 0 Å². The van der Waals surface area contributed by atoms with Crippen molar-refractivity contribution >= 4 is 16.8 Å². The Labute approximate surface area is 215 Å². The highest BCUT2D eigenvalue weighted by molar-refractivity contribution is 5.93. The van der Waals surface area contributed by atoms with Crippen LogP contribution in [-0.4, -0.2) is 40.4 Å². The minimum Gasteiger partial charge on any atom is -0.493 e. The molecule has 4 rings (SSSR count). The Kier molecular flexibility index (Phi) is 8.48. The van der Waals surface area contributed by atoms with Crippen LogP contribution in [0, 0.1) is 11.8 Å². The van der Waals surface area contributed by atoms with Crippen molar-refractivity contribution < 1.29 is 28.9 Å². The molecule has 2 aliphatic rings. The molecule has 1 aliphatic heterocycles. The second-order valence-electron chi connectivity index (χ2n) is 11.2. The van der Waals surface area contributed by atoms with E-state index in [1.54, 1.807) is 0 Å². The molecular weight excluding hydrogens is 456 g/mol. The first-order chi connectivity index (χ1) is 17.3. The van der Waals surface area contributed by atoms with Crippen LogP contribution in [-0.2, 0) is 22.6 Å². The lowest BCUT2D eigenvalue weighted by atomic mass is 9.69. The Morgan fingerprint density at radius 1 is 1.22 bits per heavy atom. The standard InChI is InChI=1S/C30H44O6/c1-6-9-11-34-28-20(12-18(4)5)13-22-24(17-35-29(22)23(28)16-31)21(10-7-2)19-14-25(32)30(26(33)15-19)27(8-3)36-30/h13,17-19,21,25,27,31-32H,6-12,14-16H2,1-5H3/t19-,21?,25?,27?,30?/m0/s1. The van der Waals surface area contributed by atoms with Crippen LogP contribution in [0.15, 0.2) is 16.7 Å². The number of Topliss-reactive ketones (excluding diaryl/α,β-unsaturated/α-hetero) is 1. The molecule has 1 aromatic heterocycles. The maximum absolute atomic E-state index is 13.2. The zero-order valence-corrected chi connectivity index (χ0v) is 22.6. The number of fused-ring (bicyclic) bond motifs is 1. The highest BCUT2D eigenvalue weighted by atomic mass is 16.6. The fourth-order valence-corrected chi connectivity index (χ4v) is 6.34. The molecule has 0 radical (unpaired) electrons. The van der Waals surface area contributed by atoms with Crippen molar-refractivity contribution in [1.82, 2.24) is 0 Å². The summed E-state index contributed by atoms with van der Waals surface area (Å²) in [6.07, 6.45) is 7.27. The minimum atomic E-state index is -0.973. The zero-order chi connectivity index (χ0) is 26.0. The summed E-state index contributed by atoms with van der Waals surface area (Å²) in [6, 6.07) is 2.18. The molecule has 2 N–H and O–H groups in total. The number of benzene rings is 1. The van der Waals surface area contributed by atoms with Crippen molar-refractivity contribution in [3.8, 4) is 5.75 Å². The van der Waals surface area contributed by atoms with Gasteiger partial charge in [0.1, 0.15) is 11.3 Å². The number of furan rings is 1. The summed E-state index contributed by atoms with van der Waals surface area (Å²) in [5.74, 6) is 1.32. The third-order valence-corrected chi connectivity index (χ3v) is 8.15. The fourth-order valence-electron chi connectivity index (χ4n) is 6.34. The van der Waals surface area contributed by atoms with Gasteiger partial charge in [0.2, 0.25) is 0 Å². The van der Waals surface area contributed by atoms with Gasteiger partial charge in [-0.2, -0.15) is 0 Å². The number of epoxide rings is 1. The monoisotopic (exact) mass is 500 g/mol. The van der Waals surface area contributed by atoms with Gasteiger partial charge in [0, 0.05) is 17.4 Å². The Morgan fingerprint density at radius 3 is 2.58 bits per heavy atom. The predicted octanol–water partition coefficient (Wildman–Crippen LogP) is 6.07. The summed E-state index contributed by atoms with van der Waals surface area (Å²) in [5, 5.41) is 22.4. The van der Waals surface area contributed by atoms with Gasteiger partial charge in [-0.25, -0.2) is 0 Å². The predicted molar refractivity (Wildman–Crippen MR) is 140 cm³/mol. The van der Waals surface area contributed by atoms with Crippen LogP contribution in [0.25, 0.3) is 11.0 Å². The summed E-state index contributed by atoms with van der Waals surface area (Å²) >= 11 is 0. The number of ether oxygens (including phenoxy) is 2. The molecule has 0 amide bonds. The van der Waals surface area contributed by atoms with Gasteiger partial charge in [-0.15, -0.1) is 0 Å². The number of carbonyl (C=O) groups excluding carboxylic acids is 1. The molecule has 5 atom stereocenters. The number of aliphatic hydroxyl groups excluding tert-OH is 2. The Balaban J connectivity index is 1.73. The average Bonchev–Trinajstić information content (AvgIpc) is 3.46. The molecule has 6 heteroatoms. The molecule has 1 saturated heterocycles. The lowest BCUT2D eigenvalue weighted by molar-refractivity contribution is -0.134. The molecule has 2 heterocycles. The van der Waals surface area contributed by atoms with Gasteiger partial charge in [0.05, 0.1) is 37.2 Å². The number of hydrogen-bond acceptors (Lipinski definition) is 6. The first-order valence-corrected chi connectivity index (χ1v) is 14.0. The summed E-state index contributed by atoms with van der Waals surface area (Å²) in [7, 11) is 0. The van der Waals surface area contributed by atoms with E-state index in [1.807, 2.05) is 13.2 Å². The number of unbranched alkanes of at least 4 members (excludes halogenated alkanes) is 1. The summed E-state index contributed by atoms with van der Waals surface area (Å²) in [5.41, 5.74) is 2.56. The normalized spacial score (nSPS) is 26.8. The van der Waals surface area contributed by atoms with Crippen LogP contribution in [0.2, 0.25) is 0 Å². The maximum atomic E-state index is 13.2. The average molecular weight is 501 g/mol. The molecule has 2 aromatic rings. The third kappa shape index (κ3) is 4.84. The lowest BCUT2D eigenvalue weighted by Crippen LogP contribution is -2.47. The van der Waals surface area contributed by atoms with E-state index in [-0.39, 0.29) is 30.3 Å². The van der Waals surface area contributed by atoms with Gasteiger partial charge in [-0.05, 0) is 61.5 Å². The van der Waals surface area contributed by atoms with E-state index in [0.717, 1.165) is 60.8 Å². The highest BCUT2D eigenvalue weighted by Gasteiger charge is 2.67. The lowest BCUT2D eigenvalue weighted by Gasteiger charge is -2.35. The number of rotatable bonds is 12. The van der Waals surface area contributed by atoms with Crippen LogP contribution < -0.4 is 4.74 Å². The number of carbonyl (C=O) groups is 1. The Morgan fingerprint density at radius 2 is 2.00 bits per heavy atom. The molecule has 0 bridgehead atoms. The Hall–Kier alpha value is -1.89. The molecule has 200 valence electrons. The Bertz CT molecular complexity index is 1060. The van der Waals surface area contributed by atoms with Crippen LogP contribution in [0.3, 0.4) is 0 Å². The molecular formula is C30H44O6. The van der Waals surface area contributed by atoms with Crippen molar-refractivity contribution in [2.45, 2.75) is 116 Å². The molecule has 1 saturated carbocycles. The SMILES string of the molecule is CCCCOc1c(CC(C)C)cc2c(C(CCC)[C@@H]3CC(=O)C4(OC4CC)C(O)C3)coc2c1CO. The first-order valence-electron chi connectivity index (χ1n) is 14.0. The molecule has 6 nitrogen and oxygen atoms in total. The summed E-state index contributed by atoms with van der Waals surface area (Å²) in [4.78, 5) is 13.2. The van der Waals surface area contributed by atoms with Crippen LogP contribution >= 0.6 is 0 Å². The molecule has 4 unspecified atom stereocenters. The van der Waals surface area contributed by atoms with Gasteiger partial charge in [-0.3, -0.25) is 4.79 Å². The first kappa shape index (κ1) is 27.2. The van der Waals surface area contributed by atoms with Crippen molar-refractivity contribution in [3.63, 3.8) is 0 Å². The van der Waals surface area contributed by atoms with Crippen molar-refractivity contribution in [2.75, 3.05) is 6.61 Å². The van der Waals surface area contributed by atoms with Gasteiger partial charge < -0.3 is 24.1 Å². The fraction of sp³-hybridized carbons (Fsp3) is 0.700. The topological polar surface area (TPSA) is 92.4 Å². The molecule has 1 aliphatic carbocycles. The summed E-state index contributed by atoms with van der Waals surface area (Å²) < 4.78 is 18.1. The van der Waals surface area contributed by atoms with E-state index in [9.17, 15) is 15.0 Å². The van der Waals surface area contributed by atoms with E-state index < -0.39 is 11.7 Å². The van der Waals surface area contributed by atoms with Gasteiger partial charge in [0.25, 0.3) is 0 Å². The van der Waals surface area contributed by atoms with E-state index in [4.69, 9.17) is 13.9 Å². The van der Waals surface area contributed by atoms with E-state index >= 15 is 0 Å².